The molecule has 2 amide bonds. The molecule has 1 fully saturated rings. The van der Waals surface area contributed by atoms with Crippen LogP contribution in [0, 0.1) is 5.92 Å². The van der Waals surface area contributed by atoms with Crippen molar-refractivity contribution in [3.05, 3.63) is 29.8 Å². The maximum absolute atomic E-state index is 12.4. The predicted octanol–water partition coefficient (Wildman–Crippen LogP) is 3.77. The van der Waals surface area contributed by atoms with Crippen LogP contribution in [-0.4, -0.2) is 42.9 Å². The molecule has 0 saturated carbocycles. The Balaban J connectivity index is 1.74. The van der Waals surface area contributed by atoms with Crippen molar-refractivity contribution in [3.8, 4) is 0 Å². The van der Waals surface area contributed by atoms with Gasteiger partial charge in [-0.2, -0.15) is 0 Å². The highest BCUT2D eigenvalue weighted by molar-refractivity contribution is 5.93. The largest absolute Gasteiger partial charge is 0.356 e. The molecule has 5 nitrogen and oxygen atoms in total. The molecule has 0 aliphatic carbocycles. The van der Waals surface area contributed by atoms with Crippen molar-refractivity contribution in [1.29, 1.82) is 0 Å². The summed E-state index contributed by atoms with van der Waals surface area (Å²) in [5.41, 5.74) is 2.06. The zero-order valence-corrected chi connectivity index (χ0v) is 17.1. The van der Waals surface area contributed by atoms with Gasteiger partial charge in [0.05, 0.1) is 6.54 Å². The molecule has 1 aromatic rings. The summed E-state index contributed by atoms with van der Waals surface area (Å²) in [5, 5.41) is 6.11. The van der Waals surface area contributed by atoms with E-state index in [1.165, 1.54) is 0 Å². The maximum Gasteiger partial charge on any atom is 0.238 e. The maximum atomic E-state index is 12.4. The molecule has 1 saturated heterocycles. The molecule has 1 aliphatic rings. The van der Waals surface area contributed by atoms with Crippen molar-refractivity contribution in [2.45, 2.75) is 58.8 Å². The summed E-state index contributed by atoms with van der Waals surface area (Å²) < 4.78 is 0. The lowest BCUT2D eigenvalue weighted by Gasteiger charge is -2.30. The Morgan fingerprint density at radius 2 is 1.85 bits per heavy atom. The Morgan fingerprint density at radius 1 is 1.15 bits per heavy atom. The average Bonchev–Trinajstić information content (AvgIpc) is 2.66. The van der Waals surface area contributed by atoms with Crippen molar-refractivity contribution in [2.75, 3.05) is 31.5 Å². The van der Waals surface area contributed by atoms with Gasteiger partial charge in [0, 0.05) is 18.2 Å². The van der Waals surface area contributed by atoms with Gasteiger partial charge in [0.1, 0.15) is 0 Å². The summed E-state index contributed by atoms with van der Waals surface area (Å²) >= 11 is 0. The molecule has 150 valence electrons. The minimum absolute atomic E-state index is 0.0190. The van der Waals surface area contributed by atoms with Gasteiger partial charge in [-0.05, 0) is 49.9 Å². The second kappa shape index (κ2) is 11.1. The number of para-hydroxylation sites is 1. The number of rotatable bonds is 9. The molecule has 0 aromatic heterocycles. The van der Waals surface area contributed by atoms with Gasteiger partial charge in [0.15, 0.2) is 0 Å². The minimum atomic E-state index is 0.0190. The highest BCUT2D eigenvalue weighted by Gasteiger charge is 2.25. The van der Waals surface area contributed by atoms with E-state index in [0.29, 0.717) is 12.5 Å². The molecule has 27 heavy (non-hydrogen) atoms. The standard InChI is InChI=1S/C22H35N3O2/c1-4-5-8-13-23-22(27)18-11-14-25(15-12-18)16-21(26)24-20-10-7-6-9-19(20)17(2)3/h6-7,9-10,17-18H,4-5,8,11-16H2,1-3H3,(H,23,27)(H,24,26). The van der Waals surface area contributed by atoms with E-state index in [1.54, 1.807) is 0 Å². The third kappa shape index (κ3) is 6.98. The second-order valence-corrected chi connectivity index (χ2v) is 7.84. The van der Waals surface area contributed by atoms with Crippen LogP contribution in [0.5, 0.6) is 0 Å². The van der Waals surface area contributed by atoms with E-state index in [1.807, 2.05) is 18.2 Å². The number of carbonyl (C=O) groups excluding carboxylic acids is 2. The van der Waals surface area contributed by atoms with Gasteiger partial charge in [-0.25, -0.2) is 0 Å². The van der Waals surface area contributed by atoms with Crippen molar-refractivity contribution < 1.29 is 9.59 Å². The van der Waals surface area contributed by atoms with Crippen molar-refractivity contribution >= 4 is 17.5 Å². The van der Waals surface area contributed by atoms with Gasteiger partial charge >= 0.3 is 0 Å². The van der Waals surface area contributed by atoms with E-state index in [9.17, 15) is 9.59 Å². The zero-order valence-electron chi connectivity index (χ0n) is 17.1. The number of unbranched alkanes of at least 4 members (excludes halogenated alkanes) is 2. The molecule has 0 bridgehead atoms. The summed E-state index contributed by atoms with van der Waals surface area (Å²) in [6.07, 6.45) is 5.04. The van der Waals surface area contributed by atoms with Crippen LogP contribution in [0.3, 0.4) is 0 Å². The fraction of sp³-hybridized carbons (Fsp3) is 0.636. The van der Waals surface area contributed by atoms with E-state index in [2.05, 4.69) is 42.4 Å². The first-order valence-corrected chi connectivity index (χ1v) is 10.4. The molecule has 0 spiro atoms. The number of nitrogens with one attached hydrogen (secondary N) is 2. The summed E-state index contributed by atoms with van der Waals surface area (Å²) in [6.45, 7) is 9.18. The van der Waals surface area contributed by atoms with Crippen LogP contribution in [0.1, 0.15) is 64.4 Å². The number of benzene rings is 1. The van der Waals surface area contributed by atoms with Crippen molar-refractivity contribution in [3.63, 3.8) is 0 Å². The molecule has 5 heteroatoms. The highest BCUT2D eigenvalue weighted by atomic mass is 16.2. The van der Waals surface area contributed by atoms with E-state index in [4.69, 9.17) is 0 Å². The Kier molecular flexibility index (Phi) is 8.79. The van der Waals surface area contributed by atoms with Gasteiger partial charge in [0.25, 0.3) is 0 Å². The fourth-order valence-electron chi connectivity index (χ4n) is 3.59. The SMILES string of the molecule is CCCCCNC(=O)C1CCN(CC(=O)Nc2ccccc2C(C)C)CC1. The van der Waals surface area contributed by atoms with Gasteiger partial charge < -0.3 is 10.6 Å². The first-order valence-electron chi connectivity index (χ1n) is 10.4. The van der Waals surface area contributed by atoms with Crippen LogP contribution >= 0.6 is 0 Å². The Bertz CT molecular complexity index is 607. The number of anilines is 1. The van der Waals surface area contributed by atoms with Crippen molar-refractivity contribution in [2.24, 2.45) is 5.92 Å². The number of hydrogen-bond donors (Lipinski definition) is 2. The molecule has 1 heterocycles. The van der Waals surface area contributed by atoms with Gasteiger partial charge in [-0.3, -0.25) is 14.5 Å². The first kappa shape index (κ1) is 21.4. The summed E-state index contributed by atoms with van der Waals surface area (Å²) in [7, 11) is 0. The van der Waals surface area contributed by atoms with Crippen LogP contribution in [-0.2, 0) is 9.59 Å². The van der Waals surface area contributed by atoms with Gasteiger partial charge in [0.2, 0.25) is 11.8 Å². The summed E-state index contributed by atoms with van der Waals surface area (Å²) in [6, 6.07) is 7.97. The number of piperidine rings is 1. The fourth-order valence-corrected chi connectivity index (χ4v) is 3.59. The lowest BCUT2D eigenvalue weighted by Crippen LogP contribution is -2.43. The second-order valence-electron chi connectivity index (χ2n) is 7.84. The molecule has 0 atom stereocenters. The monoisotopic (exact) mass is 373 g/mol. The highest BCUT2D eigenvalue weighted by Crippen LogP contribution is 2.24. The van der Waals surface area contributed by atoms with Crippen LogP contribution in [0.25, 0.3) is 0 Å². The zero-order chi connectivity index (χ0) is 19.6. The molecular formula is C22H35N3O2. The van der Waals surface area contributed by atoms with E-state index in [0.717, 1.165) is 63.0 Å². The molecule has 2 rings (SSSR count). The predicted molar refractivity (Wildman–Crippen MR) is 111 cm³/mol. The van der Waals surface area contributed by atoms with Crippen LogP contribution in [0.2, 0.25) is 0 Å². The molecule has 2 N–H and O–H groups in total. The van der Waals surface area contributed by atoms with Gasteiger partial charge in [-0.15, -0.1) is 0 Å². The smallest absolute Gasteiger partial charge is 0.238 e. The Morgan fingerprint density at radius 3 is 2.52 bits per heavy atom. The Labute approximate surface area is 163 Å². The number of likely N-dealkylation sites (tertiary alicyclic amines) is 1. The molecular weight excluding hydrogens is 338 g/mol. The first-order chi connectivity index (χ1) is 13.0. The average molecular weight is 374 g/mol. The van der Waals surface area contributed by atoms with E-state index in [-0.39, 0.29) is 17.7 Å². The summed E-state index contributed by atoms with van der Waals surface area (Å²) in [4.78, 5) is 26.8. The summed E-state index contributed by atoms with van der Waals surface area (Å²) in [5.74, 6) is 0.660. The van der Waals surface area contributed by atoms with Gasteiger partial charge in [-0.1, -0.05) is 51.8 Å². The normalized spacial score (nSPS) is 15.7. The Hall–Kier alpha value is -1.88. The molecule has 1 aromatic carbocycles. The lowest BCUT2D eigenvalue weighted by atomic mass is 9.96. The lowest BCUT2D eigenvalue weighted by molar-refractivity contribution is -0.126. The molecule has 0 unspecified atom stereocenters. The third-order valence-electron chi connectivity index (χ3n) is 5.26. The molecule has 1 aliphatic heterocycles. The van der Waals surface area contributed by atoms with E-state index < -0.39 is 0 Å². The number of carbonyl (C=O) groups is 2. The van der Waals surface area contributed by atoms with Crippen LogP contribution in [0.4, 0.5) is 5.69 Å². The number of nitrogens with zero attached hydrogens (tertiary/aromatic N) is 1. The van der Waals surface area contributed by atoms with Crippen LogP contribution < -0.4 is 10.6 Å². The molecule has 0 radical (unpaired) electrons. The number of amides is 2. The number of hydrogen-bond acceptors (Lipinski definition) is 3. The minimum Gasteiger partial charge on any atom is -0.356 e. The van der Waals surface area contributed by atoms with E-state index >= 15 is 0 Å². The quantitative estimate of drug-likeness (QED) is 0.648. The van der Waals surface area contributed by atoms with Crippen molar-refractivity contribution in [1.82, 2.24) is 10.2 Å². The van der Waals surface area contributed by atoms with Crippen LogP contribution in [0.15, 0.2) is 24.3 Å². The topological polar surface area (TPSA) is 61.4 Å². The third-order valence-corrected chi connectivity index (χ3v) is 5.26.